The summed E-state index contributed by atoms with van der Waals surface area (Å²) in [7, 11) is 0. The van der Waals surface area contributed by atoms with Crippen LogP contribution < -0.4 is 19.9 Å². The number of hydrogen-bond donors (Lipinski definition) is 1. The molecule has 1 aromatic rings. The van der Waals surface area contributed by atoms with Crippen LogP contribution in [-0.4, -0.2) is 25.6 Å². The van der Waals surface area contributed by atoms with Crippen LogP contribution in [0.25, 0.3) is 0 Å². The second-order valence-electron chi connectivity index (χ2n) is 7.30. The molecule has 4 nitrogen and oxygen atoms in total. The molecule has 0 heterocycles. The topological polar surface area (TPSA) is 53.7 Å². The zero-order valence-electron chi connectivity index (χ0n) is 17.3. The Morgan fingerprint density at radius 1 is 0.875 bits per heavy atom. The molecule has 32 heavy (non-hydrogen) atoms. The van der Waals surface area contributed by atoms with Crippen LogP contribution in [0.2, 0.25) is 0 Å². The predicted molar refractivity (Wildman–Crippen MR) is 96.0 cm³/mol. The average Bonchev–Trinajstić information content (AvgIpc) is 2.59. The Morgan fingerprint density at radius 3 is 1.91 bits per heavy atom. The Balaban J connectivity index is 3.27. The van der Waals surface area contributed by atoms with E-state index in [9.17, 15) is 39.5 Å². The molecule has 0 aliphatic heterocycles. The summed E-state index contributed by atoms with van der Waals surface area (Å²) in [6.07, 6.45) is -14.4. The number of benzene rings is 1. The van der Waals surface area contributed by atoms with Crippen LogP contribution in [-0.2, 0) is 6.42 Å². The monoisotopic (exact) mass is 485 g/mol. The van der Waals surface area contributed by atoms with Crippen molar-refractivity contribution in [1.82, 2.24) is 0 Å². The molecule has 0 bridgehead atoms. The number of nitrogens with two attached hydrogens (primary N) is 1. The van der Waals surface area contributed by atoms with Gasteiger partial charge in [0.25, 0.3) is 0 Å². The van der Waals surface area contributed by atoms with Crippen molar-refractivity contribution in [3.8, 4) is 17.2 Å². The first-order valence-electron chi connectivity index (χ1n) is 9.67. The Hall–Kier alpha value is -2.05. The van der Waals surface area contributed by atoms with Crippen molar-refractivity contribution in [2.75, 3.05) is 6.54 Å². The maximum Gasteiger partial charge on any atom is 0.573 e. The second kappa shape index (κ2) is 11.2. The van der Waals surface area contributed by atoms with E-state index in [4.69, 9.17) is 5.73 Å². The molecular weight excluding hydrogens is 461 g/mol. The summed E-state index contributed by atoms with van der Waals surface area (Å²) in [5, 5.41) is 0. The molecule has 0 fully saturated rings. The van der Waals surface area contributed by atoms with Gasteiger partial charge in [-0.25, -0.2) is 0 Å². The quantitative estimate of drug-likeness (QED) is 0.354. The Morgan fingerprint density at radius 2 is 1.44 bits per heavy atom. The summed E-state index contributed by atoms with van der Waals surface area (Å²) in [6, 6.07) is 0.602. The lowest BCUT2D eigenvalue weighted by molar-refractivity contribution is -0.288. The predicted octanol–water partition coefficient (Wildman–Crippen LogP) is 6.72. The molecule has 0 saturated heterocycles. The van der Waals surface area contributed by atoms with Crippen LogP contribution in [0, 0.1) is 11.8 Å². The highest BCUT2D eigenvalue weighted by atomic mass is 19.4. The molecule has 0 radical (unpaired) electrons. The molecule has 13 heteroatoms. The maximum absolute atomic E-state index is 12.8. The van der Waals surface area contributed by atoms with Gasteiger partial charge in [0.2, 0.25) is 0 Å². The molecule has 2 N–H and O–H groups in total. The van der Waals surface area contributed by atoms with E-state index in [1.54, 1.807) is 0 Å². The number of ether oxygens (including phenoxy) is 3. The molecule has 0 spiro atoms. The van der Waals surface area contributed by atoms with Crippen molar-refractivity contribution in [3.05, 3.63) is 17.7 Å². The molecule has 1 aromatic carbocycles. The van der Waals surface area contributed by atoms with Gasteiger partial charge in [-0.1, -0.05) is 26.7 Å². The van der Waals surface area contributed by atoms with Crippen molar-refractivity contribution in [3.63, 3.8) is 0 Å². The van der Waals surface area contributed by atoms with Gasteiger partial charge in [0.15, 0.2) is 11.5 Å². The van der Waals surface area contributed by atoms with Gasteiger partial charge >= 0.3 is 19.1 Å². The second-order valence-corrected chi connectivity index (χ2v) is 7.30. The SMILES string of the molecule is CCC(CCCc1cc(OC(F)(F)F)cc(OC(F)(F)F)c1OC(F)(F)F)CC(C)CN. The maximum atomic E-state index is 12.8. The van der Waals surface area contributed by atoms with Gasteiger partial charge in [-0.05, 0) is 43.7 Å². The third-order valence-corrected chi connectivity index (χ3v) is 4.56. The minimum atomic E-state index is -5.48. The number of halogens is 9. The normalized spacial score (nSPS) is 14.8. The molecule has 0 amide bonds. The fourth-order valence-corrected chi connectivity index (χ4v) is 3.18. The summed E-state index contributed by atoms with van der Waals surface area (Å²) in [5.74, 6) is -3.81. The Bertz CT molecular complexity index is 718. The lowest BCUT2D eigenvalue weighted by Gasteiger charge is -2.21. The Labute approximate surface area is 178 Å². The molecule has 2 atom stereocenters. The molecule has 2 unspecified atom stereocenters. The Kier molecular flexibility index (Phi) is 9.79. The van der Waals surface area contributed by atoms with Crippen LogP contribution >= 0.6 is 0 Å². The molecular formula is C19H24F9NO3. The minimum Gasteiger partial charge on any atom is -0.406 e. The lowest BCUT2D eigenvalue weighted by Crippen LogP contribution is -2.23. The average molecular weight is 485 g/mol. The van der Waals surface area contributed by atoms with Crippen LogP contribution in [0.4, 0.5) is 39.5 Å². The first-order valence-corrected chi connectivity index (χ1v) is 9.67. The van der Waals surface area contributed by atoms with Gasteiger partial charge in [-0.2, -0.15) is 0 Å². The number of alkyl halides is 9. The van der Waals surface area contributed by atoms with E-state index in [1.807, 2.05) is 13.8 Å². The smallest absolute Gasteiger partial charge is 0.406 e. The summed E-state index contributed by atoms with van der Waals surface area (Å²) in [6.45, 7) is 4.23. The zero-order valence-corrected chi connectivity index (χ0v) is 17.3. The summed E-state index contributed by atoms with van der Waals surface area (Å²) in [5.41, 5.74) is 5.01. The number of rotatable bonds is 11. The number of hydrogen-bond acceptors (Lipinski definition) is 4. The summed E-state index contributed by atoms with van der Waals surface area (Å²) < 4.78 is 125. The van der Waals surface area contributed by atoms with E-state index in [0.717, 1.165) is 12.8 Å². The van der Waals surface area contributed by atoms with Crippen molar-refractivity contribution < 1.29 is 53.7 Å². The van der Waals surface area contributed by atoms with Crippen LogP contribution in [0.1, 0.15) is 45.1 Å². The van der Waals surface area contributed by atoms with E-state index >= 15 is 0 Å². The zero-order chi connectivity index (χ0) is 24.7. The van der Waals surface area contributed by atoms with Crippen molar-refractivity contribution in [2.24, 2.45) is 17.6 Å². The molecule has 0 aliphatic rings. The first-order chi connectivity index (χ1) is 14.5. The number of aryl methyl sites for hydroxylation is 1. The van der Waals surface area contributed by atoms with E-state index in [-0.39, 0.29) is 30.7 Å². The van der Waals surface area contributed by atoms with E-state index in [2.05, 4.69) is 14.2 Å². The summed E-state index contributed by atoms with van der Waals surface area (Å²) in [4.78, 5) is 0. The van der Waals surface area contributed by atoms with Crippen LogP contribution in [0.15, 0.2) is 12.1 Å². The fraction of sp³-hybridized carbons (Fsp3) is 0.684. The van der Waals surface area contributed by atoms with Gasteiger partial charge in [-0.15, -0.1) is 39.5 Å². The van der Waals surface area contributed by atoms with Gasteiger partial charge in [0.05, 0.1) is 0 Å². The van der Waals surface area contributed by atoms with E-state index in [1.165, 1.54) is 0 Å². The fourth-order valence-electron chi connectivity index (χ4n) is 3.18. The largest absolute Gasteiger partial charge is 0.573 e. The summed E-state index contributed by atoms with van der Waals surface area (Å²) >= 11 is 0. The van der Waals surface area contributed by atoms with Crippen molar-refractivity contribution >= 4 is 0 Å². The van der Waals surface area contributed by atoms with E-state index in [0.29, 0.717) is 19.0 Å². The minimum absolute atomic E-state index is 0.0450. The highest BCUT2D eigenvalue weighted by Crippen LogP contribution is 2.43. The third kappa shape index (κ3) is 11.0. The van der Waals surface area contributed by atoms with Gasteiger partial charge < -0.3 is 19.9 Å². The van der Waals surface area contributed by atoms with Gasteiger partial charge in [-0.3, -0.25) is 0 Å². The molecule has 0 saturated carbocycles. The van der Waals surface area contributed by atoms with Gasteiger partial charge in [0.1, 0.15) is 5.75 Å². The highest BCUT2D eigenvalue weighted by Gasteiger charge is 2.39. The standard InChI is InChI=1S/C19H24F9NO3/c1-3-12(7-11(2)10-29)5-4-6-13-8-14(30-17(20,21)22)9-15(31-18(23,24)25)16(13)32-19(26,27)28/h8-9,11-12H,3-7,10,29H2,1-2H3. The molecule has 186 valence electrons. The third-order valence-electron chi connectivity index (χ3n) is 4.56. The van der Waals surface area contributed by atoms with Crippen molar-refractivity contribution in [1.29, 1.82) is 0 Å². The first kappa shape index (κ1) is 28.0. The van der Waals surface area contributed by atoms with Gasteiger partial charge in [0, 0.05) is 11.6 Å². The van der Waals surface area contributed by atoms with Crippen LogP contribution in [0.5, 0.6) is 17.2 Å². The van der Waals surface area contributed by atoms with E-state index < -0.39 is 41.9 Å². The molecule has 0 aromatic heterocycles. The van der Waals surface area contributed by atoms with Crippen LogP contribution in [0.3, 0.4) is 0 Å². The highest BCUT2D eigenvalue weighted by molar-refractivity contribution is 5.52. The van der Waals surface area contributed by atoms with Crippen molar-refractivity contribution in [2.45, 2.75) is 65.0 Å². The molecule has 0 aliphatic carbocycles. The lowest BCUT2D eigenvalue weighted by atomic mass is 9.89. The molecule has 1 rings (SSSR count).